The molecule has 0 spiro atoms. The van der Waals surface area contributed by atoms with E-state index in [1.807, 2.05) is 7.11 Å². The molecule has 0 saturated heterocycles. The Labute approximate surface area is 117 Å². The lowest BCUT2D eigenvalue weighted by Gasteiger charge is -2.47. The zero-order valence-corrected chi connectivity index (χ0v) is 13.0. The summed E-state index contributed by atoms with van der Waals surface area (Å²) in [7, 11) is 1.83. The van der Waals surface area contributed by atoms with E-state index in [-0.39, 0.29) is 12.2 Å². The first-order chi connectivity index (χ1) is 8.91. The molecular weight excluding hydrogens is 236 g/mol. The number of methoxy groups -OCH3 is 1. The highest BCUT2D eigenvalue weighted by molar-refractivity contribution is 5.13. The Kier molecular flexibility index (Phi) is 3.26. The molecule has 2 bridgehead atoms. The molecule has 19 heavy (non-hydrogen) atoms. The van der Waals surface area contributed by atoms with Crippen molar-refractivity contribution in [2.45, 2.75) is 71.5 Å². The first-order valence-corrected chi connectivity index (χ1v) is 8.12. The summed E-state index contributed by atoms with van der Waals surface area (Å²) in [5.74, 6) is 1.88. The van der Waals surface area contributed by atoms with Gasteiger partial charge in [0.15, 0.2) is 0 Å². The molecule has 0 amide bonds. The minimum absolute atomic E-state index is 0.143. The third-order valence-corrected chi connectivity index (χ3v) is 7.49. The van der Waals surface area contributed by atoms with Crippen molar-refractivity contribution in [3.05, 3.63) is 0 Å². The van der Waals surface area contributed by atoms with Gasteiger partial charge in [-0.05, 0) is 61.2 Å². The monoisotopic (exact) mass is 266 g/mol. The molecule has 3 fully saturated rings. The van der Waals surface area contributed by atoms with Gasteiger partial charge in [0.25, 0.3) is 0 Å². The Bertz CT molecular complexity index is 351. The summed E-state index contributed by atoms with van der Waals surface area (Å²) < 4.78 is 5.75. The van der Waals surface area contributed by atoms with Crippen LogP contribution in [0.2, 0.25) is 0 Å². The van der Waals surface area contributed by atoms with Gasteiger partial charge >= 0.3 is 0 Å². The second-order valence-corrected chi connectivity index (χ2v) is 8.07. The number of fused-ring (bicyclic) bond motifs is 2. The number of hydrogen-bond donors (Lipinski definition) is 1. The van der Waals surface area contributed by atoms with E-state index < -0.39 is 0 Å². The maximum atomic E-state index is 10.6. The van der Waals surface area contributed by atoms with E-state index in [1.165, 1.54) is 19.3 Å². The number of rotatable bonds is 2. The van der Waals surface area contributed by atoms with E-state index >= 15 is 0 Å². The molecule has 3 unspecified atom stereocenters. The Morgan fingerprint density at radius 1 is 1.11 bits per heavy atom. The highest BCUT2D eigenvalue weighted by Gasteiger charge is 2.64. The Balaban J connectivity index is 1.90. The molecule has 0 heterocycles. The molecule has 2 heteroatoms. The maximum absolute atomic E-state index is 10.6. The van der Waals surface area contributed by atoms with Crippen LogP contribution in [-0.4, -0.2) is 24.4 Å². The van der Waals surface area contributed by atoms with Gasteiger partial charge in [-0.1, -0.05) is 20.8 Å². The lowest BCUT2D eigenvalue weighted by Crippen LogP contribution is -2.47. The molecule has 0 aromatic rings. The molecule has 1 N–H and O–H groups in total. The number of aliphatic hydroxyl groups is 1. The third-order valence-electron chi connectivity index (χ3n) is 7.49. The summed E-state index contributed by atoms with van der Waals surface area (Å²) in [6, 6.07) is 0. The van der Waals surface area contributed by atoms with E-state index in [2.05, 4.69) is 20.8 Å². The van der Waals surface area contributed by atoms with Gasteiger partial charge in [0.2, 0.25) is 0 Å². The average molecular weight is 266 g/mol. The van der Waals surface area contributed by atoms with Crippen molar-refractivity contribution in [1.82, 2.24) is 0 Å². The summed E-state index contributed by atoms with van der Waals surface area (Å²) in [5, 5.41) is 10.6. The third kappa shape index (κ3) is 1.75. The summed E-state index contributed by atoms with van der Waals surface area (Å²) in [5.41, 5.74) is 0.838. The summed E-state index contributed by atoms with van der Waals surface area (Å²) in [6.45, 7) is 7.40. The van der Waals surface area contributed by atoms with Gasteiger partial charge in [0.05, 0.1) is 12.2 Å². The van der Waals surface area contributed by atoms with Crippen LogP contribution in [0.3, 0.4) is 0 Å². The van der Waals surface area contributed by atoms with Gasteiger partial charge in [0, 0.05) is 13.0 Å². The van der Waals surface area contributed by atoms with Gasteiger partial charge in [-0.2, -0.15) is 0 Å². The van der Waals surface area contributed by atoms with Crippen LogP contribution in [0.5, 0.6) is 0 Å². The van der Waals surface area contributed by atoms with E-state index in [1.54, 1.807) is 0 Å². The van der Waals surface area contributed by atoms with E-state index in [0.717, 1.165) is 25.2 Å². The maximum Gasteiger partial charge on any atom is 0.0627 e. The quantitative estimate of drug-likeness (QED) is 0.827. The van der Waals surface area contributed by atoms with Crippen LogP contribution in [0.25, 0.3) is 0 Å². The standard InChI is InChI=1S/C17H30O2/c1-16(2)11-8-9-17(16,3)12(10-11)15-13(18)6-5-7-14(15)19-4/h11-15,18H,5-10H2,1-4H3/t11-,12+,13?,14?,15?,17+/m1/s1. The lowest BCUT2D eigenvalue weighted by atomic mass is 9.60. The van der Waals surface area contributed by atoms with Crippen molar-refractivity contribution in [1.29, 1.82) is 0 Å². The second kappa shape index (κ2) is 4.46. The molecule has 0 radical (unpaired) electrons. The normalized spacial score (nSPS) is 52.6. The minimum atomic E-state index is -0.143. The van der Waals surface area contributed by atoms with Crippen molar-refractivity contribution < 1.29 is 9.84 Å². The summed E-state index contributed by atoms with van der Waals surface area (Å²) in [4.78, 5) is 0. The molecule has 0 aromatic heterocycles. The molecular formula is C17H30O2. The zero-order valence-electron chi connectivity index (χ0n) is 13.0. The average Bonchev–Trinajstić information content (AvgIpc) is 2.71. The van der Waals surface area contributed by atoms with Crippen molar-refractivity contribution in [3.63, 3.8) is 0 Å². The fourth-order valence-electron chi connectivity index (χ4n) is 5.81. The number of ether oxygens (including phenoxy) is 1. The van der Waals surface area contributed by atoms with Crippen molar-refractivity contribution >= 4 is 0 Å². The second-order valence-electron chi connectivity index (χ2n) is 8.07. The molecule has 3 aliphatic rings. The number of aliphatic hydroxyl groups excluding tert-OH is 1. The molecule has 3 rings (SSSR count). The van der Waals surface area contributed by atoms with Crippen molar-refractivity contribution in [2.24, 2.45) is 28.6 Å². The minimum Gasteiger partial charge on any atom is -0.393 e. The van der Waals surface area contributed by atoms with E-state index in [4.69, 9.17) is 4.74 Å². The SMILES string of the molecule is COC1CCCC(O)C1[C@@H]1C[C@H]2CC[C@]1(C)C2(C)C. The van der Waals surface area contributed by atoms with Gasteiger partial charge in [-0.3, -0.25) is 0 Å². The molecule has 0 aliphatic heterocycles. The van der Waals surface area contributed by atoms with Crippen LogP contribution in [0, 0.1) is 28.6 Å². The van der Waals surface area contributed by atoms with Gasteiger partial charge in [-0.15, -0.1) is 0 Å². The van der Waals surface area contributed by atoms with Crippen LogP contribution in [0.4, 0.5) is 0 Å². The smallest absolute Gasteiger partial charge is 0.0627 e. The Hall–Kier alpha value is -0.0800. The van der Waals surface area contributed by atoms with E-state index in [9.17, 15) is 5.11 Å². The Morgan fingerprint density at radius 2 is 1.84 bits per heavy atom. The largest absolute Gasteiger partial charge is 0.393 e. The highest BCUT2D eigenvalue weighted by Crippen LogP contribution is 2.70. The van der Waals surface area contributed by atoms with Gasteiger partial charge in [-0.25, -0.2) is 0 Å². The van der Waals surface area contributed by atoms with Gasteiger partial charge < -0.3 is 9.84 Å². The summed E-state index contributed by atoms with van der Waals surface area (Å²) in [6.07, 6.45) is 7.40. The highest BCUT2D eigenvalue weighted by atomic mass is 16.5. The van der Waals surface area contributed by atoms with Crippen molar-refractivity contribution in [3.8, 4) is 0 Å². The van der Waals surface area contributed by atoms with Crippen LogP contribution in [-0.2, 0) is 4.74 Å². The fourth-order valence-corrected chi connectivity index (χ4v) is 5.81. The van der Waals surface area contributed by atoms with Crippen LogP contribution < -0.4 is 0 Å². The molecule has 0 aromatic carbocycles. The first-order valence-electron chi connectivity index (χ1n) is 8.12. The first kappa shape index (κ1) is 13.9. The molecule has 6 atom stereocenters. The molecule has 3 aliphatic carbocycles. The fraction of sp³-hybridized carbons (Fsp3) is 1.00. The number of hydrogen-bond acceptors (Lipinski definition) is 2. The van der Waals surface area contributed by atoms with Crippen LogP contribution >= 0.6 is 0 Å². The molecule has 3 saturated carbocycles. The zero-order chi connectivity index (χ0) is 13.8. The van der Waals surface area contributed by atoms with Gasteiger partial charge in [0.1, 0.15) is 0 Å². The lowest BCUT2D eigenvalue weighted by molar-refractivity contribution is -0.0998. The summed E-state index contributed by atoms with van der Waals surface area (Å²) >= 11 is 0. The van der Waals surface area contributed by atoms with Crippen molar-refractivity contribution in [2.75, 3.05) is 7.11 Å². The van der Waals surface area contributed by atoms with Crippen LogP contribution in [0.15, 0.2) is 0 Å². The van der Waals surface area contributed by atoms with Crippen LogP contribution in [0.1, 0.15) is 59.3 Å². The predicted molar refractivity (Wildman–Crippen MR) is 76.9 cm³/mol. The predicted octanol–water partition coefficient (Wildman–Crippen LogP) is 3.62. The molecule has 110 valence electrons. The Morgan fingerprint density at radius 3 is 2.37 bits per heavy atom. The van der Waals surface area contributed by atoms with E-state index in [0.29, 0.717) is 22.7 Å². The topological polar surface area (TPSA) is 29.5 Å². The molecule has 2 nitrogen and oxygen atoms in total.